The number of fused-ring (bicyclic) bond motifs is 1. The van der Waals surface area contributed by atoms with Gasteiger partial charge in [0.15, 0.2) is 5.69 Å². The molecule has 5 amide bonds. The molecule has 61 heavy (non-hydrogen) atoms. The zero-order chi connectivity index (χ0) is 42.8. The number of alkyl halides is 3. The van der Waals surface area contributed by atoms with E-state index in [4.69, 9.17) is 6.57 Å². The average molecular weight is 840 g/mol. The standard InChI is InChI=1S/C44H48F3N9O5/c1-48-36-6-4-32(26-35(36)44(45,46)47)54-16-12-30(13-17-54)40(58)50-38-8-2-29(27-49-38)24-28-10-14-52(15-11-28)18-19-53-20-22-55(23-21-53)31-3-5-33-34(25-31)43(61)56(42(33)60)37-7-9-39(57)51-41(37)59/h2-6,8,25-28,30,37H,7,9-24H2,(H,49,50,58)(H,51,57,59). The summed E-state index contributed by atoms with van der Waals surface area (Å²) in [5.74, 6) is -1.42. The van der Waals surface area contributed by atoms with Gasteiger partial charge in [0.05, 0.1) is 23.3 Å². The van der Waals surface area contributed by atoms with E-state index in [0.717, 1.165) is 93.8 Å². The van der Waals surface area contributed by atoms with Crippen LogP contribution in [0.1, 0.15) is 70.4 Å². The summed E-state index contributed by atoms with van der Waals surface area (Å²) >= 11 is 0. The number of likely N-dealkylation sites (tertiary alicyclic amines) is 1. The monoisotopic (exact) mass is 839 g/mol. The molecule has 1 unspecified atom stereocenters. The predicted octanol–water partition coefficient (Wildman–Crippen LogP) is 4.98. The summed E-state index contributed by atoms with van der Waals surface area (Å²) in [5, 5.41) is 5.15. The number of pyridine rings is 1. The molecule has 0 spiro atoms. The second-order valence-corrected chi connectivity index (χ2v) is 16.6. The fourth-order valence-electron chi connectivity index (χ4n) is 9.21. The zero-order valence-electron chi connectivity index (χ0n) is 33.8. The number of hydrogen-bond donors (Lipinski definition) is 2. The van der Waals surface area contributed by atoms with E-state index >= 15 is 0 Å². The Labute approximate surface area is 351 Å². The first-order chi connectivity index (χ1) is 29.3. The van der Waals surface area contributed by atoms with Gasteiger partial charge in [0.1, 0.15) is 11.9 Å². The van der Waals surface area contributed by atoms with Crippen LogP contribution in [-0.2, 0) is 27.0 Å². The lowest BCUT2D eigenvalue weighted by molar-refractivity contribution is -0.137. The van der Waals surface area contributed by atoms with Crippen molar-refractivity contribution in [1.29, 1.82) is 0 Å². The molecule has 0 radical (unpaired) electrons. The van der Waals surface area contributed by atoms with Crippen LogP contribution in [0.5, 0.6) is 0 Å². The van der Waals surface area contributed by atoms with Crippen molar-refractivity contribution in [2.75, 3.05) is 80.6 Å². The highest BCUT2D eigenvalue weighted by Gasteiger charge is 2.45. The Bertz CT molecular complexity index is 2220. The minimum Gasteiger partial charge on any atom is -0.372 e. The molecule has 1 aromatic heterocycles. The minimum absolute atomic E-state index is 0.0822. The lowest BCUT2D eigenvalue weighted by Gasteiger charge is -2.38. The maximum Gasteiger partial charge on any atom is 0.407 e. The summed E-state index contributed by atoms with van der Waals surface area (Å²) in [7, 11) is 0. The van der Waals surface area contributed by atoms with Crippen molar-refractivity contribution < 1.29 is 37.1 Å². The third-order valence-electron chi connectivity index (χ3n) is 12.8. The number of nitrogens with one attached hydrogen (secondary N) is 2. The number of rotatable bonds is 10. The van der Waals surface area contributed by atoms with Crippen molar-refractivity contribution in [3.63, 3.8) is 0 Å². The molecule has 0 aliphatic carbocycles. The summed E-state index contributed by atoms with van der Waals surface area (Å²) in [4.78, 5) is 81.0. The molecule has 14 nitrogen and oxygen atoms in total. The van der Waals surface area contributed by atoms with Crippen LogP contribution in [0.25, 0.3) is 4.85 Å². The van der Waals surface area contributed by atoms with E-state index in [-0.39, 0.29) is 30.2 Å². The van der Waals surface area contributed by atoms with Gasteiger partial charge in [-0.25, -0.2) is 9.83 Å². The van der Waals surface area contributed by atoms with Crippen molar-refractivity contribution in [3.05, 3.63) is 88.4 Å². The third-order valence-corrected chi connectivity index (χ3v) is 12.8. The summed E-state index contributed by atoms with van der Waals surface area (Å²) in [5.41, 5.74) is 1.60. The molecular weight excluding hydrogens is 792 g/mol. The van der Waals surface area contributed by atoms with Crippen LogP contribution in [0.2, 0.25) is 0 Å². The van der Waals surface area contributed by atoms with Crippen LogP contribution >= 0.6 is 0 Å². The smallest absolute Gasteiger partial charge is 0.372 e. The van der Waals surface area contributed by atoms with E-state index < -0.39 is 47.1 Å². The van der Waals surface area contributed by atoms with Crippen molar-refractivity contribution in [2.24, 2.45) is 11.8 Å². The quantitative estimate of drug-likeness (QED) is 0.212. The molecule has 17 heteroatoms. The first kappa shape index (κ1) is 41.9. The third kappa shape index (κ3) is 9.25. The van der Waals surface area contributed by atoms with Crippen LogP contribution in [0.4, 0.5) is 36.1 Å². The van der Waals surface area contributed by atoms with Gasteiger partial charge in [-0.05, 0) is 99.5 Å². The highest BCUT2D eigenvalue weighted by Crippen LogP contribution is 2.39. The number of amides is 5. The second-order valence-electron chi connectivity index (χ2n) is 16.6. The summed E-state index contributed by atoms with van der Waals surface area (Å²) in [6.45, 7) is 15.3. The number of nitrogens with zero attached hydrogens (tertiary/aromatic N) is 7. The van der Waals surface area contributed by atoms with E-state index in [1.54, 1.807) is 12.1 Å². The SMILES string of the molecule is [C-]#[N+]c1ccc(N2CCC(C(=O)Nc3ccc(CC4CCN(CCN5CCN(c6ccc7c(c6)C(=O)N(C6CCC(=O)NC6=O)C7=O)CC5)CC4)cn3)CC2)cc1C(F)(F)F. The number of carbonyl (C=O) groups excluding carboxylic acids is 5. The van der Waals surface area contributed by atoms with Gasteiger partial charge in [-0.3, -0.25) is 39.1 Å². The molecule has 5 aliphatic heterocycles. The van der Waals surface area contributed by atoms with Crippen LogP contribution in [0, 0.1) is 18.4 Å². The van der Waals surface area contributed by atoms with E-state index in [1.165, 1.54) is 12.1 Å². The number of benzene rings is 2. The fraction of sp³-hybridized carbons (Fsp3) is 0.477. The highest BCUT2D eigenvalue weighted by atomic mass is 19.4. The van der Waals surface area contributed by atoms with Crippen molar-refractivity contribution in [3.8, 4) is 0 Å². The number of imide groups is 2. The second kappa shape index (κ2) is 17.6. The molecule has 0 saturated carbocycles. The first-order valence-electron chi connectivity index (χ1n) is 21.0. The van der Waals surface area contributed by atoms with Crippen molar-refractivity contribution in [1.82, 2.24) is 25.0 Å². The zero-order valence-corrected chi connectivity index (χ0v) is 33.8. The Morgan fingerprint density at radius 1 is 0.787 bits per heavy atom. The van der Waals surface area contributed by atoms with Crippen LogP contribution in [-0.4, -0.2) is 121 Å². The Kier molecular flexibility index (Phi) is 12.1. The predicted molar refractivity (Wildman–Crippen MR) is 220 cm³/mol. The van der Waals surface area contributed by atoms with Gasteiger partial charge in [0, 0.05) is 82.3 Å². The van der Waals surface area contributed by atoms with E-state index in [0.29, 0.717) is 48.9 Å². The Hall–Kier alpha value is -5.86. The largest absolute Gasteiger partial charge is 0.407 e. The molecule has 6 heterocycles. The van der Waals surface area contributed by atoms with Gasteiger partial charge >= 0.3 is 6.18 Å². The number of piperidine rings is 3. The minimum atomic E-state index is -4.61. The number of halogens is 3. The van der Waals surface area contributed by atoms with Gasteiger partial charge in [0.25, 0.3) is 11.8 Å². The molecular formula is C44H48F3N9O5. The van der Waals surface area contributed by atoms with Crippen molar-refractivity contribution in [2.45, 2.75) is 57.2 Å². The van der Waals surface area contributed by atoms with Crippen LogP contribution in [0.3, 0.4) is 0 Å². The number of aromatic nitrogens is 1. The van der Waals surface area contributed by atoms with Crippen molar-refractivity contribution >= 4 is 52.4 Å². The van der Waals surface area contributed by atoms with E-state index in [9.17, 15) is 37.1 Å². The molecule has 4 saturated heterocycles. The lowest BCUT2D eigenvalue weighted by atomic mass is 9.90. The Morgan fingerprint density at radius 2 is 1.44 bits per heavy atom. The van der Waals surface area contributed by atoms with Crippen LogP contribution < -0.4 is 20.4 Å². The first-order valence-corrected chi connectivity index (χ1v) is 21.0. The lowest BCUT2D eigenvalue weighted by Crippen LogP contribution is -2.54. The molecule has 5 aliphatic rings. The summed E-state index contributed by atoms with van der Waals surface area (Å²) < 4.78 is 40.4. The van der Waals surface area contributed by atoms with Gasteiger partial charge < -0.3 is 20.0 Å². The highest BCUT2D eigenvalue weighted by molar-refractivity contribution is 6.23. The van der Waals surface area contributed by atoms with Gasteiger partial charge in [0.2, 0.25) is 17.7 Å². The number of anilines is 3. The molecule has 8 rings (SSSR count). The molecule has 1 atom stereocenters. The number of carbonyl (C=O) groups is 5. The molecule has 320 valence electrons. The molecule has 4 fully saturated rings. The fourth-order valence-corrected chi connectivity index (χ4v) is 9.21. The number of hydrogen-bond acceptors (Lipinski definition) is 10. The molecule has 2 aromatic carbocycles. The maximum absolute atomic E-state index is 13.5. The molecule has 3 aromatic rings. The normalized spacial score (nSPS) is 21.1. The summed E-state index contributed by atoms with van der Waals surface area (Å²) in [6.07, 6.45) is 1.50. The average Bonchev–Trinajstić information content (AvgIpc) is 3.51. The van der Waals surface area contributed by atoms with Gasteiger partial charge in [-0.1, -0.05) is 12.1 Å². The van der Waals surface area contributed by atoms with Crippen LogP contribution in [0.15, 0.2) is 54.7 Å². The Morgan fingerprint density at radius 3 is 2.10 bits per heavy atom. The van der Waals surface area contributed by atoms with E-state index in [2.05, 4.69) is 35.2 Å². The maximum atomic E-state index is 13.5. The number of piperazine rings is 1. The topological polar surface area (TPSA) is 143 Å². The summed E-state index contributed by atoms with van der Waals surface area (Å²) in [6, 6.07) is 11.9. The molecule has 0 bridgehead atoms. The van der Waals surface area contributed by atoms with E-state index in [1.807, 2.05) is 29.3 Å². The van der Waals surface area contributed by atoms with Gasteiger partial charge in [-0.2, -0.15) is 13.2 Å². The van der Waals surface area contributed by atoms with Gasteiger partial charge in [-0.15, -0.1) is 0 Å². The Balaban J connectivity index is 0.728. The molecule has 2 N–H and O–H groups in total.